The van der Waals surface area contributed by atoms with Gasteiger partial charge in [-0.2, -0.15) is 5.26 Å². The van der Waals surface area contributed by atoms with E-state index >= 15 is 0 Å². The fourth-order valence-electron chi connectivity index (χ4n) is 2.54. The van der Waals surface area contributed by atoms with Crippen molar-refractivity contribution in [3.63, 3.8) is 0 Å². The molecule has 0 aliphatic carbocycles. The van der Waals surface area contributed by atoms with Gasteiger partial charge in [0.1, 0.15) is 6.07 Å². The molecule has 2 heterocycles. The van der Waals surface area contributed by atoms with Crippen molar-refractivity contribution in [3.8, 4) is 6.07 Å². The molecule has 2 aromatic rings. The Morgan fingerprint density at radius 2 is 1.95 bits per heavy atom. The Morgan fingerprint density at radius 3 is 2.62 bits per heavy atom. The second-order valence-corrected chi connectivity index (χ2v) is 5.39. The monoisotopic (exact) mass is 302 g/mol. The van der Waals surface area contributed by atoms with Crippen LogP contribution in [0.4, 0.5) is 11.6 Å². The zero-order valence-corrected chi connectivity index (χ0v) is 12.5. The topological polar surface area (TPSA) is 56.3 Å². The zero-order valence-electron chi connectivity index (χ0n) is 11.7. The molecule has 1 aliphatic heterocycles. The van der Waals surface area contributed by atoms with Crippen LogP contribution in [0.1, 0.15) is 11.6 Å². The highest BCUT2D eigenvalue weighted by molar-refractivity contribution is 6.30. The number of halogens is 1. The Balaban J connectivity index is 1.72. The van der Waals surface area contributed by atoms with E-state index in [1.807, 2.05) is 18.2 Å². The van der Waals surface area contributed by atoms with Crippen LogP contribution in [-0.2, 0) is 0 Å². The minimum absolute atomic E-state index is 0.365. The number of nitrogens with zero attached hydrogens (tertiary/aromatic N) is 4. The molecule has 0 amide bonds. The quantitative estimate of drug-likeness (QED) is 0.854. The first-order chi connectivity index (χ1) is 10.2. The number of anilines is 2. The molecule has 0 bridgehead atoms. The van der Waals surface area contributed by atoms with Crippen LogP contribution in [0.15, 0.2) is 28.7 Å². The molecule has 0 radical (unpaired) electrons. The lowest BCUT2D eigenvalue weighted by molar-refractivity contribution is 0.496. The van der Waals surface area contributed by atoms with Gasteiger partial charge in [-0.1, -0.05) is 17.7 Å². The van der Waals surface area contributed by atoms with Crippen molar-refractivity contribution in [1.82, 2.24) is 4.98 Å². The summed E-state index contributed by atoms with van der Waals surface area (Å²) in [4.78, 5) is 8.44. The SMILES string of the molecule is Cc1nc(C#N)c(N2CCN(c3cccc(Cl)c3)CC2)o1. The summed E-state index contributed by atoms with van der Waals surface area (Å²) in [6, 6.07) is 9.94. The van der Waals surface area contributed by atoms with Crippen molar-refractivity contribution in [2.24, 2.45) is 0 Å². The minimum atomic E-state index is 0.365. The summed E-state index contributed by atoms with van der Waals surface area (Å²) in [5.41, 5.74) is 1.49. The molecule has 3 rings (SSSR count). The van der Waals surface area contributed by atoms with E-state index in [0.717, 1.165) is 36.9 Å². The van der Waals surface area contributed by atoms with E-state index in [1.165, 1.54) is 0 Å². The normalized spacial score (nSPS) is 15.1. The maximum absolute atomic E-state index is 9.10. The predicted molar refractivity (Wildman–Crippen MR) is 81.8 cm³/mol. The van der Waals surface area contributed by atoms with E-state index in [0.29, 0.717) is 17.5 Å². The Bertz CT molecular complexity index is 683. The molecule has 1 aliphatic rings. The number of piperazine rings is 1. The second-order valence-electron chi connectivity index (χ2n) is 4.95. The van der Waals surface area contributed by atoms with Crippen molar-refractivity contribution in [2.45, 2.75) is 6.92 Å². The molecule has 1 aromatic heterocycles. The van der Waals surface area contributed by atoms with Crippen LogP contribution in [-0.4, -0.2) is 31.2 Å². The average molecular weight is 303 g/mol. The van der Waals surface area contributed by atoms with E-state index < -0.39 is 0 Å². The van der Waals surface area contributed by atoms with Crippen LogP contribution < -0.4 is 9.80 Å². The molecule has 0 unspecified atom stereocenters. The van der Waals surface area contributed by atoms with Crippen molar-refractivity contribution < 1.29 is 4.42 Å². The third-order valence-electron chi connectivity index (χ3n) is 3.56. The maximum Gasteiger partial charge on any atom is 0.234 e. The number of nitriles is 1. The van der Waals surface area contributed by atoms with Crippen LogP contribution in [0.5, 0.6) is 0 Å². The highest BCUT2D eigenvalue weighted by atomic mass is 35.5. The minimum Gasteiger partial charge on any atom is -0.424 e. The fraction of sp³-hybridized carbons (Fsp3) is 0.333. The van der Waals surface area contributed by atoms with Gasteiger partial charge in [-0.05, 0) is 18.2 Å². The molecule has 5 nitrogen and oxygen atoms in total. The summed E-state index contributed by atoms with van der Waals surface area (Å²) in [6.07, 6.45) is 0. The third kappa shape index (κ3) is 2.81. The van der Waals surface area contributed by atoms with E-state index in [4.69, 9.17) is 21.3 Å². The zero-order chi connectivity index (χ0) is 14.8. The molecule has 0 N–H and O–H groups in total. The van der Waals surface area contributed by atoms with E-state index in [-0.39, 0.29) is 0 Å². The number of hydrogen-bond acceptors (Lipinski definition) is 5. The summed E-state index contributed by atoms with van der Waals surface area (Å²) < 4.78 is 5.56. The van der Waals surface area contributed by atoms with E-state index in [2.05, 4.69) is 26.9 Å². The lowest BCUT2D eigenvalue weighted by Gasteiger charge is -2.35. The van der Waals surface area contributed by atoms with E-state index in [9.17, 15) is 0 Å². The van der Waals surface area contributed by atoms with Crippen LogP contribution >= 0.6 is 11.6 Å². The summed E-state index contributed by atoms with van der Waals surface area (Å²) in [7, 11) is 0. The van der Waals surface area contributed by atoms with Crippen LogP contribution in [0.3, 0.4) is 0 Å². The summed E-state index contributed by atoms with van der Waals surface area (Å²) in [6.45, 7) is 5.04. The van der Waals surface area contributed by atoms with Crippen molar-refractivity contribution >= 4 is 23.2 Å². The third-order valence-corrected chi connectivity index (χ3v) is 3.80. The summed E-state index contributed by atoms with van der Waals surface area (Å²) in [5, 5.41) is 9.84. The standard InChI is InChI=1S/C15H15ClN4O/c1-11-18-14(10-17)15(21-11)20-7-5-19(6-8-20)13-4-2-3-12(16)9-13/h2-4,9H,5-8H2,1H3. The lowest BCUT2D eigenvalue weighted by Crippen LogP contribution is -2.46. The molecule has 1 saturated heterocycles. The number of benzene rings is 1. The van der Waals surface area contributed by atoms with Gasteiger partial charge in [-0.25, -0.2) is 4.98 Å². The Labute approximate surface area is 128 Å². The highest BCUT2D eigenvalue weighted by Gasteiger charge is 2.23. The number of hydrogen-bond donors (Lipinski definition) is 0. The Morgan fingerprint density at radius 1 is 1.24 bits per heavy atom. The van der Waals surface area contributed by atoms with Gasteiger partial charge in [-0.15, -0.1) is 0 Å². The van der Waals surface area contributed by atoms with Crippen molar-refractivity contribution in [1.29, 1.82) is 5.26 Å². The molecule has 21 heavy (non-hydrogen) atoms. The predicted octanol–water partition coefficient (Wildman–Crippen LogP) is 2.83. The lowest BCUT2D eigenvalue weighted by atomic mass is 10.2. The molecule has 0 saturated carbocycles. The Hall–Kier alpha value is -2.19. The highest BCUT2D eigenvalue weighted by Crippen LogP contribution is 2.25. The summed E-state index contributed by atoms with van der Waals surface area (Å²) >= 11 is 6.03. The van der Waals surface area contributed by atoms with Gasteiger partial charge in [0.05, 0.1) is 0 Å². The van der Waals surface area contributed by atoms with Gasteiger partial charge in [0.2, 0.25) is 11.6 Å². The fourth-order valence-corrected chi connectivity index (χ4v) is 2.73. The van der Waals surface area contributed by atoms with Gasteiger partial charge in [0.25, 0.3) is 0 Å². The molecule has 0 atom stereocenters. The number of aryl methyl sites for hydroxylation is 1. The summed E-state index contributed by atoms with van der Waals surface area (Å²) in [5.74, 6) is 1.11. The van der Waals surface area contributed by atoms with Gasteiger partial charge >= 0.3 is 0 Å². The van der Waals surface area contributed by atoms with Crippen LogP contribution in [0.25, 0.3) is 0 Å². The maximum atomic E-state index is 9.10. The first-order valence-corrected chi connectivity index (χ1v) is 7.18. The van der Waals surface area contributed by atoms with Crippen LogP contribution in [0, 0.1) is 18.3 Å². The van der Waals surface area contributed by atoms with Gasteiger partial charge in [-0.3, -0.25) is 0 Å². The molecule has 1 fully saturated rings. The second kappa shape index (κ2) is 5.66. The molecule has 108 valence electrons. The first kappa shape index (κ1) is 13.8. The van der Waals surface area contributed by atoms with Gasteiger partial charge < -0.3 is 14.2 Å². The first-order valence-electron chi connectivity index (χ1n) is 6.80. The molecular formula is C15H15ClN4O. The van der Waals surface area contributed by atoms with E-state index in [1.54, 1.807) is 6.92 Å². The van der Waals surface area contributed by atoms with Crippen molar-refractivity contribution in [2.75, 3.05) is 36.0 Å². The Kier molecular flexibility index (Phi) is 3.72. The molecule has 1 aromatic carbocycles. The molecule has 6 heteroatoms. The molecular weight excluding hydrogens is 288 g/mol. The van der Waals surface area contributed by atoms with Crippen molar-refractivity contribution in [3.05, 3.63) is 40.9 Å². The van der Waals surface area contributed by atoms with Gasteiger partial charge in [0, 0.05) is 43.8 Å². The number of oxazole rings is 1. The number of rotatable bonds is 2. The largest absolute Gasteiger partial charge is 0.424 e. The number of aromatic nitrogens is 1. The molecule has 0 spiro atoms. The smallest absolute Gasteiger partial charge is 0.234 e. The van der Waals surface area contributed by atoms with Gasteiger partial charge in [0.15, 0.2) is 5.89 Å². The van der Waals surface area contributed by atoms with Crippen LogP contribution in [0.2, 0.25) is 5.02 Å². The average Bonchev–Trinajstić information content (AvgIpc) is 2.88.